The van der Waals surface area contributed by atoms with E-state index < -0.39 is 11.8 Å². The second-order valence-corrected chi connectivity index (χ2v) is 6.99. The molecule has 0 unspecified atom stereocenters. The molecular weight excluding hydrogens is 350 g/mol. The Kier molecular flexibility index (Phi) is 4.63. The molecule has 0 saturated carbocycles. The van der Waals surface area contributed by atoms with Crippen molar-refractivity contribution in [3.05, 3.63) is 68.9 Å². The lowest BCUT2D eigenvalue weighted by molar-refractivity contribution is -0.121. The molecule has 0 aromatic heterocycles. The zero-order valence-electron chi connectivity index (χ0n) is 15.4. The van der Waals surface area contributed by atoms with Gasteiger partial charge in [-0.25, -0.2) is 4.90 Å². The lowest BCUT2D eigenvalue weighted by Gasteiger charge is -2.18. The lowest BCUT2D eigenvalue weighted by Crippen LogP contribution is -2.32. The summed E-state index contributed by atoms with van der Waals surface area (Å²) in [5.74, 6) is -0.722. The number of imide groups is 1. The van der Waals surface area contributed by atoms with Crippen molar-refractivity contribution in [2.24, 2.45) is 0 Å². The van der Waals surface area contributed by atoms with E-state index in [4.69, 9.17) is 16.3 Å². The lowest BCUT2D eigenvalue weighted by atomic mass is 10.1. The van der Waals surface area contributed by atoms with Crippen molar-refractivity contribution in [1.29, 1.82) is 0 Å². The molecule has 26 heavy (non-hydrogen) atoms. The minimum Gasteiger partial charge on any atom is -0.449 e. The van der Waals surface area contributed by atoms with E-state index in [1.807, 2.05) is 52.8 Å². The smallest absolute Gasteiger partial charge is 0.302 e. The monoisotopic (exact) mass is 369 g/mol. The molecule has 3 rings (SSSR count). The van der Waals surface area contributed by atoms with Crippen molar-refractivity contribution in [3.63, 3.8) is 0 Å². The molecule has 0 N–H and O–H groups in total. The second kappa shape index (κ2) is 6.61. The van der Waals surface area contributed by atoms with Gasteiger partial charge in [-0.1, -0.05) is 29.8 Å². The maximum Gasteiger partial charge on any atom is 0.302 e. The van der Waals surface area contributed by atoms with Crippen LogP contribution in [0.15, 0.2) is 41.1 Å². The van der Waals surface area contributed by atoms with Crippen molar-refractivity contribution < 1.29 is 14.3 Å². The molecule has 0 bridgehead atoms. The van der Waals surface area contributed by atoms with Gasteiger partial charge in [-0.15, -0.1) is 0 Å². The van der Waals surface area contributed by atoms with Gasteiger partial charge in [0.1, 0.15) is 5.75 Å². The molecule has 134 valence electrons. The number of anilines is 1. The summed E-state index contributed by atoms with van der Waals surface area (Å²) in [7, 11) is 0. The third-order valence-corrected chi connectivity index (χ3v) is 5.11. The highest BCUT2D eigenvalue weighted by Gasteiger charge is 2.41. The predicted molar refractivity (Wildman–Crippen MR) is 103 cm³/mol. The van der Waals surface area contributed by atoms with Gasteiger partial charge in [0.2, 0.25) is 5.76 Å². The van der Waals surface area contributed by atoms with Crippen molar-refractivity contribution in [1.82, 2.24) is 0 Å². The maximum atomic E-state index is 12.9. The Morgan fingerprint density at radius 3 is 2.27 bits per heavy atom. The van der Waals surface area contributed by atoms with Crippen LogP contribution in [0.5, 0.6) is 5.75 Å². The van der Waals surface area contributed by atoms with Gasteiger partial charge in [0.15, 0.2) is 5.03 Å². The number of ether oxygens (including phenoxy) is 1. The average molecular weight is 370 g/mol. The van der Waals surface area contributed by atoms with Crippen molar-refractivity contribution in [3.8, 4) is 5.75 Å². The van der Waals surface area contributed by atoms with Crippen LogP contribution in [0.4, 0.5) is 5.69 Å². The summed E-state index contributed by atoms with van der Waals surface area (Å²) in [4.78, 5) is 26.6. The van der Waals surface area contributed by atoms with Crippen molar-refractivity contribution in [2.45, 2.75) is 34.6 Å². The van der Waals surface area contributed by atoms with E-state index >= 15 is 0 Å². The number of carbonyl (C=O) groups is 2. The highest BCUT2D eigenvalue weighted by molar-refractivity contribution is 6.52. The topological polar surface area (TPSA) is 46.6 Å². The molecule has 2 aromatic rings. The predicted octanol–water partition coefficient (Wildman–Crippen LogP) is 4.63. The summed E-state index contributed by atoms with van der Waals surface area (Å²) < 4.78 is 5.82. The summed E-state index contributed by atoms with van der Waals surface area (Å²) in [6, 6.07) is 9.32. The van der Waals surface area contributed by atoms with Crippen LogP contribution in [0, 0.1) is 34.6 Å². The third kappa shape index (κ3) is 2.90. The van der Waals surface area contributed by atoms with Crippen molar-refractivity contribution >= 4 is 29.1 Å². The summed E-state index contributed by atoms with van der Waals surface area (Å²) in [5.41, 5.74) is 5.30. The Morgan fingerprint density at radius 2 is 1.58 bits per heavy atom. The number of nitrogens with zero attached hydrogens (tertiary/aromatic N) is 1. The number of benzene rings is 2. The first-order valence-corrected chi connectivity index (χ1v) is 8.70. The fourth-order valence-electron chi connectivity index (χ4n) is 2.98. The first kappa shape index (κ1) is 18.2. The van der Waals surface area contributed by atoms with Crippen LogP contribution in [-0.4, -0.2) is 11.8 Å². The Morgan fingerprint density at radius 1 is 0.885 bits per heavy atom. The molecule has 0 saturated heterocycles. The number of rotatable bonds is 3. The SMILES string of the molecule is Cc1cc(C)c(C)c(OC2=C(Cl)C(=O)N(c3cccc(C)c3C)C2=O)c1. The summed E-state index contributed by atoms with van der Waals surface area (Å²) in [6.45, 7) is 9.61. The van der Waals surface area contributed by atoms with Crippen LogP contribution in [-0.2, 0) is 9.59 Å². The molecule has 0 fully saturated rings. The van der Waals surface area contributed by atoms with Gasteiger partial charge in [-0.05, 0) is 74.6 Å². The first-order valence-electron chi connectivity index (χ1n) is 8.33. The molecule has 2 amide bonds. The number of amides is 2. The largest absolute Gasteiger partial charge is 0.449 e. The molecule has 0 aliphatic carbocycles. The first-order chi connectivity index (χ1) is 12.2. The van der Waals surface area contributed by atoms with Crippen LogP contribution < -0.4 is 9.64 Å². The van der Waals surface area contributed by atoms with Crippen LogP contribution in [0.1, 0.15) is 27.8 Å². The Bertz CT molecular complexity index is 975. The van der Waals surface area contributed by atoms with Crippen LogP contribution in [0.25, 0.3) is 0 Å². The van der Waals surface area contributed by atoms with Gasteiger partial charge in [-0.3, -0.25) is 9.59 Å². The van der Waals surface area contributed by atoms with Gasteiger partial charge in [-0.2, -0.15) is 0 Å². The summed E-state index contributed by atoms with van der Waals surface area (Å²) in [6.07, 6.45) is 0. The van der Waals surface area contributed by atoms with E-state index in [0.29, 0.717) is 11.4 Å². The number of halogens is 1. The fourth-order valence-corrected chi connectivity index (χ4v) is 3.19. The maximum absolute atomic E-state index is 12.9. The van der Waals surface area contributed by atoms with E-state index in [1.165, 1.54) is 0 Å². The Labute approximate surface area is 158 Å². The molecule has 0 radical (unpaired) electrons. The zero-order valence-corrected chi connectivity index (χ0v) is 16.2. The summed E-state index contributed by atoms with van der Waals surface area (Å²) >= 11 is 6.18. The minimum atomic E-state index is -0.567. The number of carbonyl (C=O) groups excluding carboxylic acids is 2. The Balaban J connectivity index is 2.01. The van der Waals surface area contributed by atoms with Crippen LogP contribution in [0.3, 0.4) is 0 Å². The van der Waals surface area contributed by atoms with E-state index in [1.54, 1.807) is 12.1 Å². The standard InChI is InChI=1S/C21H20ClNO3/c1-11-9-13(3)15(5)17(10-11)26-19-18(22)20(24)23(21(19)25)16-8-6-7-12(2)14(16)4/h6-10H,1-5H3. The average Bonchev–Trinajstić information content (AvgIpc) is 2.78. The van der Waals surface area contributed by atoms with Gasteiger partial charge in [0.05, 0.1) is 5.69 Å². The molecule has 1 aliphatic rings. The Hall–Kier alpha value is -2.59. The van der Waals surface area contributed by atoms with E-state index in [9.17, 15) is 9.59 Å². The molecule has 2 aromatic carbocycles. The second-order valence-electron chi connectivity index (χ2n) is 6.61. The quantitative estimate of drug-likeness (QED) is 0.741. The van der Waals surface area contributed by atoms with Gasteiger partial charge < -0.3 is 4.74 Å². The van der Waals surface area contributed by atoms with Gasteiger partial charge >= 0.3 is 5.91 Å². The highest BCUT2D eigenvalue weighted by Crippen LogP contribution is 2.34. The molecule has 0 spiro atoms. The number of aryl methyl sites for hydroxylation is 3. The number of hydrogen-bond donors (Lipinski definition) is 0. The van der Waals surface area contributed by atoms with E-state index in [2.05, 4.69) is 0 Å². The molecule has 0 atom stereocenters. The third-order valence-electron chi connectivity index (χ3n) is 4.78. The van der Waals surface area contributed by atoms with Gasteiger partial charge in [0.25, 0.3) is 5.91 Å². The molecule has 1 heterocycles. The molecule has 4 nitrogen and oxygen atoms in total. The fraction of sp³-hybridized carbons (Fsp3) is 0.238. The zero-order chi connectivity index (χ0) is 19.2. The highest BCUT2D eigenvalue weighted by atomic mass is 35.5. The van der Waals surface area contributed by atoms with E-state index in [-0.39, 0.29) is 10.8 Å². The normalized spacial score (nSPS) is 14.5. The minimum absolute atomic E-state index is 0.134. The number of hydrogen-bond acceptors (Lipinski definition) is 3. The molecular formula is C21H20ClNO3. The molecule has 1 aliphatic heterocycles. The van der Waals surface area contributed by atoms with Crippen LogP contribution in [0.2, 0.25) is 0 Å². The van der Waals surface area contributed by atoms with E-state index in [0.717, 1.165) is 32.7 Å². The van der Waals surface area contributed by atoms with Crippen LogP contribution >= 0.6 is 11.6 Å². The van der Waals surface area contributed by atoms with Gasteiger partial charge in [0, 0.05) is 0 Å². The molecule has 5 heteroatoms. The summed E-state index contributed by atoms with van der Waals surface area (Å²) in [5, 5.41) is -0.200. The van der Waals surface area contributed by atoms with Crippen molar-refractivity contribution in [2.75, 3.05) is 4.90 Å².